The van der Waals surface area contributed by atoms with Crippen LogP contribution in [0.25, 0.3) is 0 Å². The predicted molar refractivity (Wildman–Crippen MR) is 57.7 cm³/mol. The molecule has 0 heterocycles. The van der Waals surface area contributed by atoms with E-state index in [1.54, 1.807) is 0 Å². The molecule has 0 radical (unpaired) electrons. The third-order valence-corrected chi connectivity index (χ3v) is 2.35. The molecule has 6 heteroatoms. The molecular weight excluding hydrogens is 240 g/mol. The second kappa shape index (κ2) is 5.12. The molecule has 1 N–H and O–H groups in total. The molecule has 1 aromatic carbocycles. The van der Waals surface area contributed by atoms with Gasteiger partial charge in [0.2, 0.25) is 0 Å². The van der Waals surface area contributed by atoms with Gasteiger partial charge in [0.05, 0.1) is 17.1 Å². The highest BCUT2D eigenvalue weighted by molar-refractivity contribution is 6.33. The highest BCUT2D eigenvalue weighted by Gasteiger charge is 2.12. The van der Waals surface area contributed by atoms with E-state index in [1.165, 1.54) is 30.1 Å². The minimum absolute atomic E-state index is 0.0334. The molecule has 0 aromatic heterocycles. The normalized spacial score (nSPS) is 10.6. The number of hydrogen-bond acceptors (Lipinski definition) is 2. The molecule has 0 saturated carbocycles. The van der Waals surface area contributed by atoms with Crippen molar-refractivity contribution < 1.29 is 18.7 Å². The molecule has 0 saturated heterocycles. The van der Waals surface area contributed by atoms with Crippen LogP contribution in [0.2, 0.25) is 5.02 Å². The molecule has 1 rings (SSSR count). The van der Waals surface area contributed by atoms with Crippen LogP contribution in [0.4, 0.5) is 14.5 Å². The van der Waals surface area contributed by atoms with Crippen molar-refractivity contribution in [3.63, 3.8) is 0 Å². The minimum atomic E-state index is -2.46. The van der Waals surface area contributed by atoms with Crippen molar-refractivity contribution in [2.45, 2.75) is 6.43 Å². The first-order valence-corrected chi connectivity index (χ1v) is 4.81. The van der Waals surface area contributed by atoms with Crippen molar-refractivity contribution in [3.8, 4) is 0 Å². The maximum atomic E-state index is 12.1. The fraction of sp³-hybridized carbons (Fsp3) is 0.300. The number of carboxylic acid groups (broad SMARTS) is 1. The number of carbonyl (C=O) groups is 1. The number of carboxylic acids is 1. The maximum Gasteiger partial charge on any atom is 0.337 e. The lowest BCUT2D eigenvalue weighted by atomic mass is 10.2. The summed E-state index contributed by atoms with van der Waals surface area (Å²) in [6.07, 6.45) is -2.46. The second-order valence-corrected chi connectivity index (χ2v) is 3.65. The number of alkyl halides is 2. The number of hydrogen-bond donors (Lipinski definition) is 1. The molecule has 0 bridgehead atoms. The SMILES string of the molecule is CN(CC(F)F)c1ccc(C(=O)O)c(Cl)c1. The number of benzene rings is 1. The molecule has 0 amide bonds. The van der Waals surface area contributed by atoms with Crippen LogP contribution in [-0.2, 0) is 0 Å². The maximum absolute atomic E-state index is 12.1. The smallest absolute Gasteiger partial charge is 0.337 e. The van der Waals surface area contributed by atoms with E-state index in [1.807, 2.05) is 0 Å². The Balaban J connectivity index is 2.92. The van der Waals surface area contributed by atoms with Gasteiger partial charge in [0, 0.05) is 12.7 Å². The summed E-state index contributed by atoms with van der Waals surface area (Å²) in [6.45, 7) is -0.428. The third kappa shape index (κ3) is 3.06. The fourth-order valence-corrected chi connectivity index (χ4v) is 1.48. The van der Waals surface area contributed by atoms with E-state index >= 15 is 0 Å². The standard InChI is InChI=1S/C10H10ClF2NO2/c1-14(5-9(12)13)6-2-3-7(10(15)16)8(11)4-6/h2-4,9H,5H2,1H3,(H,15,16). The average molecular weight is 250 g/mol. The first kappa shape index (κ1) is 12.7. The van der Waals surface area contributed by atoms with Gasteiger partial charge >= 0.3 is 5.97 Å². The van der Waals surface area contributed by atoms with Crippen LogP contribution in [0.15, 0.2) is 18.2 Å². The molecule has 0 unspecified atom stereocenters. The van der Waals surface area contributed by atoms with Crippen LogP contribution in [0.1, 0.15) is 10.4 Å². The molecule has 0 atom stereocenters. The Bertz CT molecular complexity index is 398. The molecule has 0 spiro atoms. The van der Waals surface area contributed by atoms with Crippen LogP contribution in [0.5, 0.6) is 0 Å². The number of anilines is 1. The molecule has 88 valence electrons. The zero-order valence-electron chi connectivity index (χ0n) is 8.45. The van der Waals surface area contributed by atoms with E-state index in [9.17, 15) is 13.6 Å². The highest BCUT2D eigenvalue weighted by atomic mass is 35.5. The summed E-state index contributed by atoms with van der Waals surface area (Å²) in [7, 11) is 1.48. The van der Waals surface area contributed by atoms with Crippen LogP contribution in [0, 0.1) is 0 Å². The Kier molecular flexibility index (Phi) is 4.06. The number of aromatic carboxylic acids is 1. The van der Waals surface area contributed by atoms with Gasteiger partial charge in [0.15, 0.2) is 0 Å². The molecular formula is C10H10ClF2NO2. The lowest BCUT2D eigenvalue weighted by Crippen LogP contribution is -2.24. The summed E-state index contributed by atoms with van der Waals surface area (Å²) in [4.78, 5) is 12.0. The van der Waals surface area contributed by atoms with Gasteiger partial charge < -0.3 is 10.0 Å². The van der Waals surface area contributed by atoms with Crippen molar-refractivity contribution in [1.29, 1.82) is 0 Å². The largest absolute Gasteiger partial charge is 0.478 e. The Hall–Kier alpha value is -1.36. The molecule has 0 aliphatic heterocycles. The lowest BCUT2D eigenvalue weighted by Gasteiger charge is -2.19. The predicted octanol–water partition coefficient (Wildman–Crippen LogP) is 2.74. The molecule has 0 fully saturated rings. The Morgan fingerprint density at radius 2 is 2.19 bits per heavy atom. The Morgan fingerprint density at radius 3 is 2.62 bits per heavy atom. The van der Waals surface area contributed by atoms with Gasteiger partial charge in [-0.2, -0.15) is 0 Å². The van der Waals surface area contributed by atoms with Gasteiger partial charge in [-0.15, -0.1) is 0 Å². The van der Waals surface area contributed by atoms with Gasteiger partial charge in [0.25, 0.3) is 6.43 Å². The average Bonchev–Trinajstić information content (AvgIpc) is 2.15. The molecule has 16 heavy (non-hydrogen) atoms. The Labute approximate surface area is 96.2 Å². The van der Waals surface area contributed by atoms with Crippen LogP contribution in [0.3, 0.4) is 0 Å². The zero-order valence-corrected chi connectivity index (χ0v) is 9.21. The number of halogens is 3. The van der Waals surface area contributed by atoms with E-state index in [4.69, 9.17) is 16.7 Å². The van der Waals surface area contributed by atoms with Crippen molar-refractivity contribution in [3.05, 3.63) is 28.8 Å². The van der Waals surface area contributed by atoms with Crippen LogP contribution in [-0.4, -0.2) is 31.1 Å². The van der Waals surface area contributed by atoms with E-state index in [0.717, 1.165) is 0 Å². The summed E-state index contributed by atoms with van der Waals surface area (Å²) in [5.74, 6) is -1.15. The second-order valence-electron chi connectivity index (χ2n) is 3.24. The summed E-state index contributed by atoms with van der Waals surface area (Å²) < 4.78 is 24.2. The topological polar surface area (TPSA) is 40.5 Å². The van der Waals surface area contributed by atoms with Crippen molar-refractivity contribution >= 4 is 23.3 Å². The zero-order chi connectivity index (χ0) is 12.3. The summed E-state index contributed by atoms with van der Waals surface area (Å²) in [5.41, 5.74) is 0.408. The first-order chi connectivity index (χ1) is 7.41. The molecule has 3 nitrogen and oxygen atoms in total. The Morgan fingerprint density at radius 1 is 1.56 bits per heavy atom. The minimum Gasteiger partial charge on any atom is -0.478 e. The van der Waals surface area contributed by atoms with Gasteiger partial charge in [-0.1, -0.05) is 11.6 Å². The highest BCUT2D eigenvalue weighted by Crippen LogP contribution is 2.23. The fourth-order valence-electron chi connectivity index (χ4n) is 1.23. The van der Waals surface area contributed by atoms with Crippen LogP contribution < -0.4 is 4.90 Å². The quantitative estimate of drug-likeness (QED) is 0.892. The van der Waals surface area contributed by atoms with Gasteiger partial charge in [-0.25, -0.2) is 13.6 Å². The van der Waals surface area contributed by atoms with E-state index in [2.05, 4.69) is 0 Å². The molecule has 1 aromatic rings. The van der Waals surface area contributed by atoms with Crippen molar-refractivity contribution in [2.75, 3.05) is 18.5 Å². The van der Waals surface area contributed by atoms with E-state index < -0.39 is 18.9 Å². The number of rotatable bonds is 4. The monoisotopic (exact) mass is 249 g/mol. The third-order valence-electron chi connectivity index (χ3n) is 2.04. The number of nitrogens with zero attached hydrogens (tertiary/aromatic N) is 1. The van der Waals surface area contributed by atoms with E-state index in [0.29, 0.717) is 5.69 Å². The first-order valence-electron chi connectivity index (χ1n) is 4.44. The lowest BCUT2D eigenvalue weighted by molar-refractivity contribution is 0.0697. The van der Waals surface area contributed by atoms with Crippen molar-refractivity contribution in [2.24, 2.45) is 0 Å². The molecule has 0 aliphatic rings. The summed E-state index contributed by atoms with van der Waals surface area (Å²) in [6, 6.07) is 4.09. The van der Waals surface area contributed by atoms with Gasteiger partial charge in [-0.3, -0.25) is 0 Å². The van der Waals surface area contributed by atoms with Gasteiger partial charge in [-0.05, 0) is 18.2 Å². The van der Waals surface area contributed by atoms with Gasteiger partial charge in [0.1, 0.15) is 0 Å². The summed E-state index contributed by atoms with van der Waals surface area (Å²) in [5, 5.41) is 8.76. The van der Waals surface area contributed by atoms with Crippen molar-refractivity contribution in [1.82, 2.24) is 0 Å². The summed E-state index contributed by atoms with van der Waals surface area (Å²) >= 11 is 5.71. The van der Waals surface area contributed by atoms with E-state index in [-0.39, 0.29) is 10.6 Å². The molecule has 0 aliphatic carbocycles. The van der Waals surface area contributed by atoms with Crippen LogP contribution >= 0.6 is 11.6 Å².